The average Bonchev–Trinajstić information content (AvgIpc) is 3.41. The van der Waals surface area contributed by atoms with Crippen LogP contribution >= 0.6 is 0 Å². The summed E-state index contributed by atoms with van der Waals surface area (Å²) in [6.45, 7) is 1.98. The summed E-state index contributed by atoms with van der Waals surface area (Å²) in [5.74, 6) is -0.728. The average molecular weight is 380 g/mol. The van der Waals surface area contributed by atoms with Gasteiger partial charge in [0, 0.05) is 19.5 Å². The minimum absolute atomic E-state index is 0.144. The maximum Gasteiger partial charge on any atom is 0.246 e. The van der Waals surface area contributed by atoms with Crippen molar-refractivity contribution in [2.75, 3.05) is 26.3 Å². The van der Waals surface area contributed by atoms with Crippen molar-refractivity contribution in [3.8, 4) is 0 Å². The van der Waals surface area contributed by atoms with Crippen LogP contribution in [-0.2, 0) is 25.5 Å². The van der Waals surface area contributed by atoms with Gasteiger partial charge in [0.05, 0.1) is 25.0 Å². The lowest BCUT2D eigenvalue weighted by atomic mass is 9.85. The summed E-state index contributed by atoms with van der Waals surface area (Å²) in [6.07, 6.45) is 5.41. The number of rotatable bonds is 4. The Morgan fingerprint density at radius 3 is 2.21 bits per heavy atom. The van der Waals surface area contributed by atoms with E-state index >= 15 is 0 Å². The number of ether oxygens (including phenoxy) is 1. The van der Waals surface area contributed by atoms with Crippen LogP contribution in [0.2, 0.25) is 0 Å². The molecule has 1 aromatic rings. The molecule has 1 saturated carbocycles. The summed E-state index contributed by atoms with van der Waals surface area (Å²) in [5.41, 5.74) is 0.952. The minimum Gasteiger partial charge on any atom is -0.378 e. The van der Waals surface area contributed by atoms with E-state index in [1.807, 2.05) is 30.3 Å². The second-order valence-electron chi connectivity index (χ2n) is 8.19. The second kappa shape index (κ2) is 6.85. The number of morpholine rings is 1. The molecule has 5 rings (SSSR count). The van der Waals surface area contributed by atoms with Crippen molar-refractivity contribution in [3.63, 3.8) is 0 Å². The monoisotopic (exact) mass is 380 g/mol. The lowest BCUT2D eigenvalue weighted by molar-refractivity contribution is -0.154. The first-order valence-corrected chi connectivity index (χ1v) is 10.1. The largest absolute Gasteiger partial charge is 0.378 e. The molecular weight excluding hydrogens is 356 g/mol. The van der Waals surface area contributed by atoms with Crippen molar-refractivity contribution >= 4 is 17.7 Å². The molecule has 6 nitrogen and oxygen atoms in total. The molecule has 4 aliphatic rings. The number of allylic oxidation sites excluding steroid dienone is 2. The van der Waals surface area contributed by atoms with Crippen molar-refractivity contribution in [3.05, 3.63) is 48.0 Å². The highest BCUT2D eigenvalue weighted by molar-refractivity contribution is 6.09. The van der Waals surface area contributed by atoms with Gasteiger partial charge < -0.3 is 9.64 Å². The van der Waals surface area contributed by atoms with Crippen LogP contribution in [0.3, 0.4) is 0 Å². The molecule has 28 heavy (non-hydrogen) atoms. The fourth-order valence-corrected chi connectivity index (χ4v) is 5.35. The molecule has 3 amide bonds. The number of amides is 3. The fraction of sp³-hybridized carbons (Fsp3) is 0.500. The van der Waals surface area contributed by atoms with Crippen LogP contribution in [0.4, 0.5) is 0 Å². The summed E-state index contributed by atoms with van der Waals surface area (Å²) in [7, 11) is 0. The number of fused-ring (bicyclic) bond motifs is 5. The van der Waals surface area contributed by atoms with E-state index in [2.05, 4.69) is 12.2 Å². The topological polar surface area (TPSA) is 66.9 Å². The summed E-state index contributed by atoms with van der Waals surface area (Å²) < 4.78 is 5.36. The first-order valence-electron chi connectivity index (χ1n) is 10.1. The highest BCUT2D eigenvalue weighted by atomic mass is 16.5. The fourth-order valence-electron chi connectivity index (χ4n) is 5.35. The quantitative estimate of drug-likeness (QED) is 0.583. The standard InChI is InChI=1S/C22H24N2O4/c25-20(23-8-10-28-11-9-23)17(12-14-4-2-1-3-5-14)24-21(26)18-15-6-7-16(13-15)19(18)22(24)27/h1-7,15-19H,8-13H2/t15-,16-,17-,18+,19+/m0/s1. The third kappa shape index (κ3) is 2.70. The third-order valence-electron chi connectivity index (χ3n) is 6.70. The zero-order chi connectivity index (χ0) is 19.3. The van der Waals surface area contributed by atoms with E-state index in [1.165, 1.54) is 4.90 Å². The van der Waals surface area contributed by atoms with Crippen molar-refractivity contribution < 1.29 is 19.1 Å². The van der Waals surface area contributed by atoms with E-state index in [-0.39, 0.29) is 41.4 Å². The zero-order valence-corrected chi connectivity index (χ0v) is 15.7. The van der Waals surface area contributed by atoms with Crippen LogP contribution in [0.25, 0.3) is 0 Å². The van der Waals surface area contributed by atoms with Crippen LogP contribution in [0.1, 0.15) is 12.0 Å². The number of hydrogen-bond donors (Lipinski definition) is 0. The molecule has 0 radical (unpaired) electrons. The van der Waals surface area contributed by atoms with Crippen LogP contribution < -0.4 is 0 Å². The Hall–Kier alpha value is -2.47. The lowest BCUT2D eigenvalue weighted by Crippen LogP contribution is -2.55. The summed E-state index contributed by atoms with van der Waals surface area (Å²) in [5, 5.41) is 0. The van der Waals surface area contributed by atoms with E-state index in [4.69, 9.17) is 4.74 Å². The SMILES string of the molecule is O=C([C@H](Cc1ccccc1)N1C(=O)[C@H]2[C@H](C1=O)[C@H]1C=C[C@H]2C1)N1CCOCC1. The number of hydrogen-bond acceptors (Lipinski definition) is 4. The molecule has 2 aliphatic heterocycles. The minimum atomic E-state index is -0.773. The number of likely N-dealkylation sites (tertiary alicyclic amines) is 1. The van der Waals surface area contributed by atoms with Crippen LogP contribution in [-0.4, -0.2) is 59.9 Å². The number of imide groups is 1. The highest BCUT2D eigenvalue weighted by Gasteiger charge is 2.61. The molecule has 0 N–H and O–H groups in total. The molecule has 2 aliphatic carbocycles. The predicted octanol–water partition coefficient (Wildman–Crippen LogP) is 1.26. The lowest BCUT2D eigenvalue weighted by Gasteiger charge is -2.34. The van der Waals surface area contributed by atoms with Gasteiger partial charge >= 0.3 is 0 Å². The Kier molecular flexibility index (Phi) is 4.31. The third-order valence-corrected chi connectivity index (χ3v) is 6.70. The van der Waals surface area contributed by atoms with Crippen molar-refractivity contribution in [1.29, 1.82) is 0 Å². The number of carbonyl (C=O) groups is 3. The molecular formula is C22H24N2O4. The normalized spacial score (nSPS) is 32.1. The highest BCUT2D eigenvalue weighted by Crippen LogP contribution is 2.53. The van der Waals surface area contributed by atoms with Gasteiger partial charge in [-0.05, 0) is 23.8 Å². The molecule has 2 heterocycles. The summed E-state index contributed by atoms with van der Waals surface area (Å²) in [4.78, 5) is 43.0. The van der Waals surface area contributed by atoms with Gasteiger partial charge in [0.2, 0.25) is 17.7 Å². The Morgan fingerprint density at radius 2 is 1.61 bits per heavy atom. The molecule has 0 aromatic heterocycles. The van der Waals surface area contributed by atoms with Gasteiger partial charge in [-0.25, -0.2) is 0 Å². The van der Waals surface area contributed by atoms with Crippen LogP contribution in [0.5, 0.6) is 0 Å². The van der Waals surface area contributed by atoms with Crippen LogP contribution in [0, 0.1) is 23.7 Å². The maximum absolute atomic E-state index is 13.4. The molecule has 1 aromatic carbocycles. The molecule has 0 unspecified atom stereocenters. The molecule has 5 atom stereocenters. The van der Waals surface area contributed by atoms with E-state index in [1.54, 1.807) is 4.90 Å². The van der Waals surface area contributed by atoms with Gasteiger partial charge in [-0.2, -0.15) is 0 Å². The van der Waals surface area contributed by atoms with Crippen molar-refractivity contribution in [2.24, 2.45) is 23.7 Å². The van der Waals surface area contributed by atoms with E-state index < -0.39 is 6.04 Å². The number of nitrogens with zero attached hydrogens (tertiary/aromatic N) is 2. The van der Waals surface area contributed by atoms with E-state index in [0.717, 1.165) is 12.0 Å². The van der Waals surface area contributed by atoms with Gasteiger partial charge in [0.25, 0.3) is 0 Å². The first-order chi connectivity index (χ1) is 13.6. The molecule has 146 valence electrons. The summed E-state index contributed by atoms with van der Waals surface area (Å²) in [6, 6.07) is 8.86. The van der Waals surface area contributed by atoms with Gasteiger partial charge in [0.15, 0.2) is 0 Å². The van der Waals surface area contributed by atoms with Gasteiger partial charge in [-0.1, -0.05) is 42.5 Å². The Balaban J connectivity index is 1.46. The zero-order valence-electron chi connectivity index (χ0n) is 15.7. The maximum atomic E-state index is 13.4. The molecule has 6 heteroatoms. The van der Waals surface area contributed by atoms with Crippen molar-refractivity contribution in [2.45, 2.75) is 18.9 Å². The van der Waals surface area contributed by atoms with E-state index in [9.17, 15) is 14.4 Å². The van der Waals surface area contributed by atoms with Gasteiger partial charge in [-0.3, -0.25) is 19.3 Å². The smallest absolute Gasteiger partial charge is 0.246 e. The van der Waals surface area contributed by atoms with Crippen molar-refractivity contribution in [1.82, 2.24) is 9.80 Å². The summed E-state index contributed by atoms with van der Waals surface area (Å²) >= 11 is 0. The first kappa shape index (κ1) is 17.6. The van der Waals surface area contributed by atoms with E-state index in [0.29, 0.717) is 32.7 Å². The molecule has 3 fully saturated rings. The Bertz CT molecular complexity index is 800. The number of benzene rings is 1. The number of carbonyl (C=O) groups excluding carboxylic acids is 3. The van der Waals surface area contributed by atoms with Crippen LogP contribution in [0.15, 0.2) is 42.5 Å². The predicted molar refractivity (Wildman–Crippen MR) is 101 cm³/mol. The molecule has 2 bridgehead atoms. The van der Waals surface area contributed by atoms with Gasteiger partial charge in [-0.15, -0.1) is 0 Å². The molecule has 2 saturated heterocycles. The Morgan fingerprint density at radius 1 is 1.00 bits per heavy atom. The van der Waals surface area contributed by atoms with Gasteiger partial charge in [0.1, 0.15) is 6.04 Å². The molecule has 0 spiro atoms. The second-order valence-corrected chi connectivity index (χ2v) is 8.19. The Labute approximate surface area is 164 Å².